The number of carbonyl (C=O) groups excluding carboxylic acids is 2. The predicted molar refractivity (Wildman–Crippen MR) is 72.9 cm³/mol. The molecular formula is C14H24N2O4. The van der Waals surface area contributed by atoms with E-state index >= 15 is 0 Å². The summed E-state index contributed by atoms with van der Waals surface area (Å²) in [5, 5.41) is 9.14. The number of nitrogens with zero attached hydrogens (tertiary/aromatic N) is 2. The summed E-state index contributed by atoms with van der Waals surface area (Å²) in [7, 11) is 0. The average molecular weight is 284 g/mol. The van der Waals surface area contributed by atoms with Crippen LogP contribution in [0.4, 0.5) is 4.79 Å². The number of hydrogen-bond donors (Lipinski definition) is 1. The molecule has 114 valence electrons. The molecule has 20 heavy (non-hydrogen) atoms. The Hall–Kier alpha value is -1.30. The zero-order chi connectivity index (χ0) is 15.0. The molecule has 2 fully saturated rings. The number of hydrogen-bond acceptors (Lipinski definition) is 4. The van der Waals surface area contributed by atoms with E-state index in [1.54, 1.807) is 4.90 Å². The monoisotopic (exact) mass is 284 g/mol. The van der Waals surface area contributed by atoms with E-state index in [9.17, 15) is 9.59 Å². The Balaban J connectivity index is 1.93. The van der Waals surface area contributed by atoms with Crippen LogP contribution in [-0.4, -0.2) is 58.9 Å². The van der Waals surface area contributed by atoms with E-state index in [0.29, 0.717) is 32.5 Å². The van der Waals surface area contributed by atoms with Crippen LogP contribution in [0.2, 0.25) is 0 Å². The van der Waals surface area contributed by atoms with Crippen molar-refractivity contribution in [3.8, 4) is 0 Å². The lowest BCUT2D eigenvalue weighted by Crippen LogP contribution is -2.48. The molecule has 2 aliphatic heterocycles. The van der Waals surface area contributed by atoms with Crippen molar-refractivity contribution in [3.63, 3.8) is 0 Å². The van der Waals surface area contributed by atoms with Crippen molar-refractivity contribution in [1.82, 2.24) is 9.80 Å². The normalized spacial score (nSPS) is 22.5. The van der Waals surface area contributed by atoms with Crippen molar-refractivity contribution in [2.45, 2.75) is 45.6 Å². The summed E-state index contributed by atoms with van der Waals surface area (Å²) in [5.41, 5.74) is -0.871. The molecule has 0 aromatic rings. The Morgan fingerprint density at radius 1 is 1.25 bits per heavy atom. The number of ether oxygens (including phenoxy) is 1. The molecule has 2 amide bonds. The van der Waals surface area contributed by atoms with Crippen molar-refractivity contribution in [2.24, 2.45) is 5.41 Å². The minimum absolute atomic E-state index is 0.0313. The maximum absolute atomic E-state index is 12.2. The van der Waals surface area contributed by atoms with E-state index in [1.165, 1.54) is 4.90 Å². The highest BCUT2D eigenvalue weighted by Crippen LogP contribution is 2.41. The van der Waals surface area contributed by atoms with Gasteiger partial charge < -0.3 is 19.6 Å². The molecule has 1 N–H and O–H groups in total. The highest BCUT2D eigenvalue weighted by Gasteiger charge is 2.48. The molecule has 0 radical (unpaired) electrons. The van der Waals surface area contributed by atoms with Gasteiger partial charge in [0.15, 0.2) is 0 Å². The Labute approximate surface area is 119 Å². The van der Waals surface area contributed by atoms with Gasteiger partial charge in [0.05, 0.1) is 5.41 Å². The molecule has 0 unspecified atom stereocenters. The van der Waals surface area contributed by atoms with Gasteiger partial charge >= 0.3 is 6.09 Å². The second-order valence-corrected chi connectivity index (χ2v) is 6.71. The first-order valence-corrected chi connectivity index (χ1v) is 7.16. The van der Waals surface area contributed by atoms with Crippen molar-refractivity contribution < 1.29 is 19.4 Å². The van der Waals surface area contributed by atoms with E-state index in [-0.39, 0.29) is 24.1 Å². The van der Waals surface area contributed by atoms with Gasteiger partial charge in [0.1, 0.15) is 12.3 Å². The number of rotatable bonds is 1. The second kappa shape index (κ2) is 5.24. The molecule has 6 heteroatoms. The molecule has 2 saturated heterocycles. The summed E-state index contributed by atoms with van der Waals surface area (Å²) < 4.78 is 5.35. The Bertz CT molecular complexity index is 394. The van der Waals surface area contributed by atoms with E-state index in [4.69, 9.17) is 9.84 Å². The van der Waals surface area contributed by atoms with Crippen LogP contribution >= 0.6 is 0 Å². The SMILES string of the molecule is CC(C)(C)OC(=O)N1CCC2(CC1)CCN(CO)C2=O. The summed E-state index contributed by atoms with van der Waals surface area (Å²) in [4.78, 5) is 27.4. The van der Waals surface area contributed by atoms with Gasteiger partial charge in [0.2, 0.25) is 5.91 Å². The summed E-state index contributed by atoms with van der Waals surface area (Å²) >= 11 is 0. The molecule has 0 bridgehead atoms. The van der Waals surface area contributed by atoms with Crippen molar-refractivity contribution in [3.05, 3.63) is 0 Å². The molecular weight excluding hydrogens is 260 g/mol. The van der Waals surface area contributed by atoms with Gasteiger partial charge in [-0.3, -0.25) is 4.79 Å². The average Bonchev–Trinajstić information content (AvgIpc) is 2.66. The van der Waals surface area contributed by atoms with Crippen LogP contribution in [0.1, 0.15) is 40.0 Å². The zero-order valence-electron chi connectivity index (χ0n) is 12.5. The standard InChI is InChI=1S/C14H24N2O4/c1-13(2,3)20-12(19)15-7-4-14(5-8-15)6-9-16(10-17)11(14)18/h17H,4-10H2,1-3H3. The molecule has 0 aromatic heterocycles. The van der Waals surface area contributed by atoms with Gasteiger partial charge in [-0.2, -0.15) is 0 Å². The van der Waals surface area contributed by atoms with Gasteiger partial charge in [0.25, 0.3) is 0 Å². The molecule has 1 spiro atoms. The number of carbonyl (C=O) groups is 2. The Kier molecular flexibility index (Phi) is 3.95. The molecule has 2 aliphatic rings. The van der Waals surface area contributed by atoms with E-state index in [2.05, 4.69) is 0 Å². The van der Waals surface area contributed by atoms with Crippen LogP contribution in [0.25, 0.3) is 0 Å². The van der Waals surface area contributed by atoms with Crippen LogP contribution in [0.3, 0.4) is 0 Å². The first kappa shape index (κ1) is 15.1. The summed E-state index contributed by atoms with van der Waals surface area (Å²) in [6.07, 6.45) is 1.77. The fourth-order valence-corrected chi connectivity index (χ4v) is 2.94. The lowest BCUT2D eigenvalue weighted by Gasteiger charge is -2.38. The summed E-state index contributed by atoms with van der Waals surface area (Å²) in [5.74, 6) is 0.0313. The highest BCUT2D eigenvalue weighted by atomic mass is 16.6. The topological polar surface area (TPSA) is 70.1 Å². The summed E-state index contributed by atoms with van der Waals surface area (Å²) in [6.45, 7) is 7.01. The van der Waals surface area contributed by atoms with Gasteiger partial charge in [-0.05, 0) is 40.0 Å². The van der Waals surface area contributed by atoms with Crippen LogP contribution in [-0.2, 0) is 9.53 Å². The zero-order valence-corrected chi connectivity index (χ0v) is 12.5. The van der Waals surface area contributed by atoms with E-state index in [0.717, 1.165) is 6.42 Å². The highest BCUT2D eigenvalue weighted by molar-refractivity contribution is 5.85. The first-order chi connectivity index (χ1) is 9.27. The number of likely N-dealkylation sites (tertiary alicyclic amines) is 2. The third kappa shape index (κ3) is 2.90. The number of amides is 2. The minimum Gasteiger partial charge on any atom is -0.444 e. The molecule has 2 rings (SSSR count). The van der Waals surface area contributed by atoms with Crippen LogP contribution in [0, 0.1) is 5.41 Å². The van der Waals surface area contributed by atoms with E-state index in [1.807, 2.05) is 20.8 Å². The van der Waals surface area contributed by atoms with Crippen LogP contribution in [0.15, 0.2) is 0 Å². The van der Waals surface area contributed by atoms with Gasteiger partial charge in [-0.1, -0.05) is 0 Å². The van der Waals surface area contributed by atoms with Crippen molar-refractivity contribution >= 4 is 12.0 Å². The maximum Gasteiger partial charge on any atom is 0.410 e. The molecule has 0 atom stereocenters. The molecule has 0 aromatic carbocycles. The Morgan fingerprint density at radius 2 is 1.80 bits per heavy atom. The fourth-order valence-electron chi connectivity index (χ4n) is 2.94. The third-order valence-corrected chi connectivity index (χ3v) is 4.14. The first-order valence-electron chi connectivity index (χ1n) is 7.16. The largest absolute Gasteiger partial charge is 0.444 e. The van der Waals surface area contributed by atoms with Crippen molar-refractivity contribution in [1.29, 1.82) is 0 Å². The molecule has 0 saturated carbocycles. The van der Waals surface area contributed by atoms with Gasteiger partial charge in [-0.25, -0.2) is 4.79 Å². The number of piperidine rings is 1. The maximum atomic E-state index is 12.2. The quantitative estimate of drug-likeness (QED) is 0.785. The van der Waals surface area contributed by atoms with Crippen molar-refractivity contribution in [2.75, 3.05) is 26.4 Å². The van der Waals surface area contributed by atoms with Gasteiger partial charge in [-0.15, -0.1) is 0 Å². The summed E-state index contributed by atoms with van der Waals surface area (Å²) in [6, 6.07) is 0. The number of aliphatic hydroxyl groups is 1. The fraction of sp³-hybridized carbons (Fsp3) is 0.857. The lowest BCUT2D eigenvalue weighted by molar-refractivity contribution is -0.141. The third-order valence-electron chi connectivity index (χ3n) is 4.14. The molecule has 2 heterocycles. The lowest BCUT2D eigenvalue weighted by atomic mass is 9.77. The minimum atomic E-state index is -0.497. The predicted octanol–water partition coefficient (Wildman–Crippen LogP) is 1.19. The van der Waals surface area contributed by atoms with E-state index < -0.39 is 5.60 Å². The molecule has 0 aliphatic carbocycles. The smallest absolute Gasteiger partial charge is 0.410 e. The molecule has 6 nitrogen and oxygen atoms in total. The van der Waals surface area contributed by atoms with Crippen LogP contribution < -0.4 is 0 Å². The number of aliphatic hydroxyl groups excluding tert-OH is 1. The Morgan fingerprint density at radius 3 is 2.25 bits per heavy atom. The van der Waals surface area contributed by atoms with Crippen LogP contribution in [0.5, 0.6) is 0 Å². The van der Waals surface area contributed by atoms with Gasteiger partial charge in [0, 0.05) is 19.6 Å². The second-order valence-electron chi connectivity index (χ2n) is 6.71.